The van der Waals surface area contributed by atoms with Gasteiger partial charge in [0.2, 0.25) is 16.0 Å². The van der Waals surface area contributed by atoms with Crippen LogP contribution in [0.2, 0.25) is 0 Å². The van der Waals surface area contributed by atoms with E-state index in [1.807, 2.05) is 0 Å². The van der Waals surface area contributed by atoms with E-state index in [0.29, 0.717) is 43.6 Å². The lowest BCUT2D eigenvalue weighted by Crippen LogP contribution is -2.42. The highest BCUT2D eigenvalue weighted by atomic mass is 32.2. The van der Waals surface area contributed by atoms with Gasteiger partial charge in [-0.15, -0.1) is 11.3 Å². The van der Waals surface area contributed by atoms with Crippen LogP contribution in [0.15, 0.2) is 12.4 Å². The van der Waals surface area contributed by atoms with Crippen LogP contribution in [0.1, 0.15) is 42.5 Å². The van der Waals surface area contributed by atoms with E-state index in [-0.39, 0.29) is 22.7 Å². The summed E-state index contributed by atoms with van der Waals surface area (Å²) in [6, 6.07) is -0.162. The second-order valence-corrected chi connectivity index (χ2v) is 11.0. The monoisotopic (exact) mass is 477 g/mol. The number of hydrogen-bond donors (Lipinski definition) is 2. The average molecular weight is 478 g/mol. The minimum atomic E-state index is -4.66. The maximum atomic E-state index is 13.6. The molecule has 1 aliphatic carbocycles. The summed E-state index contributed by atoms with van der Waals surface area (Å²) in [5.41, 5.74) is -2.35. The average Bonchev–Trinajstić information content (AvgIpc) is 3.15. The summed E-state index contributed by atoms with van der Waals surface area (Å²) in [6.07, 6.45) is 1.58. The van der Waals surface area contributed by atoms with Gasteiger partial charge in [0.25, 0.3) is 0 Å². The number of alkyl halides is 3. The number of sulfonamides is 1. The van der Waals surface area contributed by atoms with Gasteiger partial charge in [-0.25, -0.2) is 27.7 Å². The van der Waals surface area contributed by atoms with E-state index < -0.39 is 27.4 Å². The molecule has 1 saturated heterocycles. The van der Waals surface area contributed by atoms with Gasteiger partial charge in [0, 0.05) is 31.5 Å². The van der Waals surface area contributed by atoms with E-state index >= 15 is 0 Å². The van der Waals surface area contributed by atoms with Crippen molar-refractivity contribution in [2.75, 3.05) is 24.7 Å². The molecule has 13 heteroatoms. The van der Waals surface area contributed by atoms with Crippen molar-refractivity contribution in [1.29, 1.82) is 0 Å². The molecule has 0 aromatic carbocycles. The summed E-state index contributed by atoms with van der Waals surface area (Å²) in [5, 5.41) is 13.6. The molecular formula is C18H22F3N5O3S2. The van der Waals surface area contributed by atoms with Crippen molar-refractivity contribution < 1.29 is 26.7 Å². The minimum Gasteiger partial charge on any atom is -0.384 e. The normalized spacial score (nSPS) is 20.4. The zero-order valence-electron chi connectivity index (χ0n) is 16.7. The third-order valence-electron chi connectivity index (χ3n) is 5.70. The molecule has 2 aliphatic rings. The Morgan fingerprint density at radius 2 is 1.90 bits per heavy atom. The van der Waals surface area contributed by atoms with Crippen molar-refractivity contribution >= 4 is 27.3 Å². The second-order valence-electron chi connectivity index (χ2n) is 7.95. The summed E-state index contributed by atoms with van der Waals surface area (Å²) in [4.78, 5) is 12.6. The zero-order chi connectivity index (χ0) is 22.4. The molecule has 2 N–H and O–H groups in total. The molecular weight excluding hydrogens is 455 g/mol. The fourth-order valence-electron chi connectivity index (χ4n) is 3.69. The lowest BCUT2D eigenvalue weighted by molar-refractivity contribution is -0.137. The number of aliphatic hydroxyl groups is 1. The summed E-state index contributed by atoms with van der Waals surface area (Å²) in [5.74, 6) is 0.0277. The van der Waals surface area contributed by atoms with E-state index in [4.69, 9.17) is 0 Å². The molecule has 4 rings (SSSR count). The number of hydrogen-bond acceptors (Lipinski definition) is 8. The van der Waals surface area contributed by atoms with Gasteiger partial charge in [-0.3, -0.25) is 0 Å². The van der Waals surface area contributed by atoms with Gasteiger partial charge in [-0.05, 0) is 32.1 Å². The molecule has 2 aromatic heterocycles. The Bertz CT molecular complexity index is 1060. The minimum absolute atomic E-state index is 0.0277. The third-order valence-corrected chi connectivity index (χ3v) is 8.20. The van der Waals surface area contributed by atoms with Gasteiger partial charge in [0.1, 0.15) is 21.9 Å². The van der Waals surface area contributed by atoms with Gasteiger partial charge >= 0.3 is 6.18 Å². The zero-order valence-corrected chi connectivity index (χ0v) is 18.3. The van der Waals surface area contributed by atoms with Gasteiger partial charge in [-0.2, -0.15) is 13.2 Å². The van der Waals surface area contributed by atoms with Crippen molar-refractivity contribution in [3.05, 3.63) is 22.8 Å². The molecule has 0 amide bonds. The molecule has 8 nitrogen and oxygen atoms in total. The van der Waals surface area contributed by atoms with Crippen molar-refractivity contribution in [2.45, 2.75) is 49.9 Å². The first kappa shape index (κ1) is 22.4. The highest BCUT2D eigenvalue weighted by Crippen LogP contribution is 2.45. The molecule has 31 heavy (non-hydrogen) atoms. The van der Waals surface area contributed by atoms with Crippen molar-refractivity contribution in [1.82, 2.24) is 19.3 Å². The molecule has 3 heterocycles. The Kier molecular flexibility index (Phi) is 5.73. The molecule has 1 saturated carbocycles. The van der Waals surface area contributed by atoms with Crippen molar-refractivity contribution in [3.63, 3.8) is 0 Å². The molecule has 0 atom stereocenters. The van der Waals surface area contributed by atoms with Crippen molar-refractivity contribution in [2.24, 2.45) is 0 Å². The molecule has 170 valence electrons. The Labute approximate surface area is 181 Å². The molecule has 0 spiro atoms. The van der Waals surface area contributed by atoms with Crippen LogP contribution in [-0.4, -0.2) is 58.2 Å². The number of anilines is 1. The van der Waals surface area contributed by atoms with Crippen LogP contribution in [0.3, 0.4) is 0 Å². The first-order valence-corrected chi connectivity index (χ1v) is 12.5. The van der Waals surface area contributed by atoms with E-state index in [1.165, 1.54) is 10.5 Å². The summed E-state index contributed by atoms with van der Waals surface area (Å²) in [6.45, 7) is 0.636. The number of piperidine rings is 1. The van der Waals surface area contributed by atoms with Crippen LogP contribution in [0.4, 0.5) is 19.1 Å². The molecule has 2 aromatic rings. The fourth-order valence-corrected chi connectivity index (χ4v) is 5.63. The van der Waals surface area contributed by atoms with E-state index in [0.717, 1.165) is 30.2 Å². The Morgan fingerprint density at radius 1 is 1.23 bits per heavy atom. The number of aromatic nitrogens is 3. The Balaban J connectivity index is 1.57. The van der Waals surface area contributed by atoms with E-state index in [1.54, 1.807) is 0 Å². The Hall–Kier alpha value is -1.83. The summed E-state index contributed by atoms with van der Waals surface area (Å²) >= 11 is 1.00. The first-order chi connectivity index (χ1) is 14.5. The van der Waals surface area contributed by atoms with Crippen LogP contribution in [0, 0.1) is 0 Å². The molecule has 2 fully saturated rings. The topological polar surface area (TPSA) is 108 Å². The van der Waals surface area contributed by atoms with Gasteiger partial charge in [0.05, 0.1) is 11.1 Å². The number of rotatable bonds is 5. The molecule has 0 radical (unpaired) electrons. The number of nitrogens with zero attached hydrogens (tertiary/aromatic N) is 4. The van der Waals surface area contributed by atoms with Crippen LogP contribution < -0.4 is 5.32 Å². The predicted octanol–water partition coefficient (Wildman–Crippen LogP) is 2.83. The van der Waals surface area contributed by atoms with Crippen LogP contribution in [-0.2, 0) is 21.8 Å². The fraction of sp³-hybridized carbons (Fsp3) is 0.611. The lowest BCUT2D eigenvalue weighted by Gasteiger charge is -2.35. The second kappa shape index (κ2) is 7.94. The maximum Gasteiger partial charge on any atom is 0.420 e. The first-order valence-electron chi connectivity index (χ1n) is 9.81. The van der Waals surface area contributed by atoms with E-state index in [2.05, 4.69) is 20.3 Å². The van der Waals surface area contributed by atoms with Crippen LogP contribution in [0.5, 0.6) is 0 Å². The van der Waals surface area contributed by atoms with Crippen LogP contribution in [0.25, 0.3) is 10.7 Å². The molecule has 0 bridgehead atoms. The van der Waals surface area contributed by atoms with Crippen molar-refractivity contribution in [3.8, 4) is 10.7 Å². The largest absolute Gasteiger partial charge is 0.420 e. The summed E-state index contributed by atoms with van der Waals surface area (Å²) < 4.78 is 65.3. The predicted molar refractivity (Wildman–Crippen MR) is 109 cm³/mol. The highest BCUT2D eigenvalue weighted by Gasteiger charge is 2.40. The standard InChI is InChI=1S/C18H22F3N5O3S2/c1-31(28,29)26-7-3-11(4-8-26)24-16-23-9-12(18(19,20)21)14(25-16)15-22-10-13(30-15)17(27)5-2-6-17/h9-11,27H,2-8H2,1H3,(H,23,24,25). The Morgan fingerprint density at radius 3 is 2.45 bits per heavy atom. The van der Waals surface area contributed by atoms with Gasteiger partial charge in [0.15, 0.2) is 0 Å². The third kappa shape index (κ3) is 4.69. The number of nitrogens with one attached hydrogen (secondary N) is 1. The molecule has 0 unspecified atom stereocenters. The quantitative estimate of drug-likeness (QED) is 0.682. The maximum absolute atomic E-state index is 13.6. The lowest BCUT2D eigenvalue weighted by atomic mass is 9.79. The highest BCUT2D eigenvalue weighted by molar-refractivity contribution is 7.88. The van der Waals surface area contributed by atoms with E-state index in [9.17, 15) is 26.7 Å². The smallest absolute Gasteiger partial charge is 0.384 e. The number of halogens is 3. The number of thiazole rings is 1. The van der Waals surface area contributed by atoms with Gasteiger partial charge in [-0.1, -0.05) is 0 Å². The SMILES string of the molecule is CS(=O)(=O)N1CCC(Nc2ncc(C(F)(F)F)c(-c3ncc(C4(O)CCC4)s3)n2)CC1. The van der Waals surface area contributed by atoms with Crippen LogP contribution >= 0.6 is 11.3 Å². The summed E-state index contributed by atoms with van der Waals surface area (Å²) in [7, 11) is -3.27. The molecule has 1 aliphatic heterocycles. The van der Waals surface area contributed by atoms with Gasteiger partial charge < -0.3 is 10.4 Å².